The number of nitrogens with one attached hydrogen (secondary N) is 2. The number of aliphatic hydroxyl groups excluding tert-OH is 3. The first kappa shape index (κ1) is 40.5. The maximum absolute atomic E-state index is 12.9. The largest absolute Gasteiger partial charge is 0.495 e. The van der Waals surface area contributed by atoms with Crippen LogP contribution in [-0.2, 0) is 28.6 Å². The predicted octanol–water partition coefficient (Wildman–Crippen LogP) is 5.62. The quantitative estimate of drug-likeness (QED) is 0.165. The van der Waals surface area contributed by atoms with Crippen molar-refractivity contribution >= 4 is 113 Å². The van der Waals surface area contributed by atoms with Crippen LogP contribution in [0.3, 0.4) is 0 Å². The first-order valence-electron chi connectivity index (χ1n) is 15.2. The average Bonchev–Trinajstić information content (AvgIpc) is 3.72. The Balaban J connectivity index is 1.06. The molecule has 0 radical (unpaired) electrons. The molecule has 0 fully saturated rings. The average molecular weight is 1100 g/mol. The number of oxime groups is 1. The normalized spacial score (nSPS) is 26.2. The van der Waals surface area contributed by atoms with Gasteiger partial charge < -0.3 is 49.7 Å². The second-order valence-corrected chi connectivity index (χ2v) is 16.8. The molecule has 19 heteroatoms. The molecule has 5 atom stereocenters. The Hall–Kier alpha value is -1.71. The maximum Gasteiger partial charge on any atom is 0.269 e. The highest BCUT2D eigenvalue weighted by Gasteiger charge is 2.51. The molecular weight excluding hydrogens is 1070 g/mol. The van der Waals surface area contributed by atoms with E-state index in [4.69, 9.17) is 23.8 Å². The molecule has 4 aliphatic rings. The highest BCUT2D eigenvalue weighted by molar-refractivity contribution is 9.12. The summed E-state index contributed by atoms with van der Waals surface area (Å²) in [6, 6.07) is 3.36. The van der Waals surface area contributed by atoms with E-state index < -0.39 is 35.4 Å². The lowest BCUT2D eigenvalue weighted by atomic mass is 9.86. The third kappa shape index (κ3) is 8.35. The van der Waals surface area contributed by atoms with E-state index in [0.29, 0.717) is 68.2 Å². The van der Waals surface area contributed by atoms with Crippen molar-refractivity contribution in [2.45, 2.75) is 48.8 Å². The summed E-state index contributed by atoms with van der Waals surface area (Å²) < 4.78 is 25.3. The number of ether oxygens (including phenoxy) is 4. The number of rotatable bonds is 12. The van der Waals surface area contributed by atoms with E-state index in [2.05, 4.69) is 111 Å². The fourth-order valence-corrected chi connectivity index (χ4v) is 10.7. The smallest absolute Gasteiger partial charge is 0.269 e. The van der Waals surface area contributed by atoms with Gasteiger partial charge in [-0.2, -0.15) is 0 Å². The zero-order valence-electron chi connectivity index (χ0n) is 26.8. The molecule has 2 heterocycles. The molecule has 276 valence electrons. The van der Waals surface area contributed by atoms with E-state index in [1.807, 2.05) is 0 Å². The van der Waals surface area contributed by atoms with Crippen LogP contribution in [0.15, 0.2) is 79.7 Å². The molecule has 0 saturated carbocycles. The molecule has 5 N–H and O–H groups in total. The second-order valence-electron chi connectivity index (χ2n) is 11.7. The van der Waals surface area contributed by atoms with Crippen LogP contribution in [0.2, 0.25) is 0 Å². The van der Waals surface area contributed by atoms with E-state index >= 15 is 0 Å². The van der Waals surface area contributed by atoms with Gasteiger partial charge in [0, 0.05) is 25.9 Å². The third-order valence-electron chi connectivity index (χ3n) is 8.35. The van der Waals surface area contributed by atoms with Gasteiger partial charge in [0.25, 0.3) is 5.91 Å². The lowest BCUT2D eigenvalue weighted by Crippen LogP contribution is -2.45. The topological polar surface area (TPSA) is 177 Å². The van der Waals surface area contributed by atoms with Crippen molar-refractivity contribution in [1.29, 1.82) is 0 Å². The molecule has 0 bridgehead atoms. The van der Waals surface area contributed by atoms with E-state index in [9.17, 15) is 24.9 Å². The van der Waals surface area contributed by atoms with Gasteiger partial charge in [0.05, 0.1) is 65.6 Å². The Labute approximate surface area is 343 Å². The Morgan fingerprint density at radius 1 is 0.922 bits per heavy atom. The van der Waals surface area contributed by atoms with E-state index in [1.165, 1.54) is 20.5 Å². The van der Waals surface area contributed by atoms with Gasteiger partial charge in [-0.3, -0.25) is 9.59 Å². The highest BCUT2D eigenvalue weighted by Crippen LogP contribution is 2.46. The summed E-state index contributed by atoms with van der Waals surface area (Å²) in [5.74, 6) is 0.482. The van der Waals surface area contributed by atoms with Crippen molar-refractivity contribution in [2.24, 2.45) is 5.16 Å². The van der Waals surface area contributed by atoms with Gasteiger partial charge >= 0.3 is 0 Å². The van der Waals surface area contributed by atoms with Gasteiger partial charge in [-0.25, -0.2) is 0 Å². The zero-order chi connectivity index (χ0) is 37.2. The van der Waals surface area contributed by atoms with Crippen LogP contribution in [0.5, 0.6) is 5.75 Å². The summed E-state index contributed by atoms with van der Waals surface area (Å²) in [6.45, 7) is 0.465. The van der Waals surface area contributed by atoms with Gasteiger partial charge in [-0.05, 0) is 132 Å². The van der Waals surface area contributed by atoms with Crippen molar-refractivity contribution < 1.29 is 48.7 Å². The second kappa shape index (κ2) is 16.8. The molecule has 2 amide bonds. The molecule has 0 aromatic heterocycles. The molecule has 1 aromatic carbocycles. The number of amides is 2. The number of methoxy groups -OCH3 is 2. The summed E-state index contributed by atoms with van der Waals surface area (Å²) in [6.07, 6.45) is 1.99. The fraction of sp³-hybridized carbons (Fsp3) is 0.406. The molecule has 2 spiro atoms. The Bertz CT molecular complexity index is 1770. The standard InChI is InChI=1S/C32H31Br6N3O10/c1-47-25-18(35)9-31(27(43)22(25)37)8-15(13-50-31)29(45)39-4-3-5-49-24-16(33)6-14(7-17(24)34)21(42)12-40-30(46)20-11-32(51-41-20)10-19(36)26(48-2)23(38)28(32)44/h6-7,9-10,13,21,27-28,42-44H,3-5,8,11-12H2,1-2H3,(H,39,45)(H,40,46)/t21?,27-,28-,31-,32+/m1/s1. The predicted molar refractivity (Wildman–Crippen MR) is 207 cm³/mol. The number of carbonyl (C=O) groups is 2. The van der Waals surface area contributed by atoms with E-state index in [0.717, 1.165) is 0 Å². The molecule has 1 unspecified atom stereocenters. The summed E-state index contributed by atoms with van der Waals surface area (Å²) in [5.41, 5.74) is -1.49. The van der Waals surface area contributed by atoms with Gasteiger partial charge in [0.2, 0.25) is 5.91 Å². The number of allylic oxidation sites excluding steroid dienone is 2. The van der Waals surface area contributed by atoms with Crippen molar-refractivity contribution in [1.82, 2.24) is 10.6 Å². The molecule has 1 aromatic rings. The molecule has 51 heavy (non-hydrogen) atoms. The number of hydrogen-bond donors (Lipinski definition) is 5. The summed E-state index contributed by atoms with van der Waals surface area (Å²) in [5, 5.41) is 41.9. The lowest BCUT2D eigenvalue weighted by Gasteiger charge is -2.35. The van der Waals surface area contributed by atoms with Gasteiger partial charge in [-0.15, -0.1) is 0 Å². The number of halogens is 6. The van der Waals surface area contributed by atoms with E-state index in [1.54, 1.807) is 24.3 Å². The minimum absolute atomic E-state index is 0.0110. The first-order valence-corrected chi connectivity index (χ1v) is 19.9. The molecule has 13 nitrogen and oxygen atoms in total. The minimum atomic E-state index is -1.30. The molecule has 5 rings (SSSR count). The van der Waals surface area contributed by atoms with Crippen LogP contribution in [0.4, 0.5) is 0 Å². The molecule has 2 aliphatic heterocycles. The van der Waals surface area contributed by atoms with Crippen molar-refractivity contribution in [3.63, 3.8) is 0 Å². The van der Waals surface area contributed by atoms with Crippen molar-refractivity contribution in [3.8, 4) is 5.75 Å². The maximum atomic E-state index is 12.9. The Kier molecular flexibility index (Phi) is 13.3. The number of hydrogen-bond acceptors (Lipinski definition) is 11. The van der Waals surface area contributed by atoms with Crippen molar-refractivity contribution in [3.05, 3.63) is 80.1 Å². The fourth-order valence-electron chi connectivity index (χ4n) is 5.65. The number of benzene rings is 1. The highest BCUT2D eigenvalue weighted by atomic mass is 79.9. The third-order valence-corrected chi connectivity index (χ3v) is 12.3. The summed E-state index contributed by atoms with van der Waals surface area (Å²) in [4.78, 5) is 31.3. The Morgan fingerprint density at radius 2 is 1.51 bits per heavy atom. The van der Waals surface area contributed by atoms with Crippen molar-refractivity contribution in [2.75, 3.05) is 33.9 Å². The van der Waals surface area contributed by atoms with Gasteiger partial charge in [0.1, 0.15) is 35.2 Å². The molecular formula is C32H31Br6N3O10. The van der Waals surface area contributed by atoms with Crippen LogP contribution in [-0.4, -0.2) is 90.2 Å². The SMILES string of the molecule is COC1=C(Br)[C@@H](O)[C@]2(C=C1Br)CC(C(=O)NCCCOc1c(Br)cc(C(O)CNC(=O)C3=NO[C@@]4(C=C(Br)C(OC)=C(Br)[C@H]4O)C3)cc1Br)=CO2. The van der Waals surface area contributed by atoms with Crippen LogP contribution < -0.4 is 15.4 Å². The molecule has 0 saturated heterocycles. The van der Waals surface area contributed by atoms with Gasteiger partial charge in [0.15, 0.2) is 11.2 Å². The van der Waals surface area contributed by atoms with Gasteiger partial charge in [-0.1, -0.05) is 5.16 Å². The van der Waals surface area contributed by atoms with Crippen LogP contribution in [0.25, 0.3) is 0 Å². The summed E-state index contributed by atoms with van der Waals surface area (Å²) in [7, 11) is 2.96. The van der Waals surface area contributed by atoms with Crippen LogP contribution in [0.1, 0.15) is 30.9 Å². The summed E-state index contributed by atoms with van der Waals surface area (Å²) >= 11 is 20.5. The number of carbonyl (C=O) groups excluding carboxylic acids is 2. The molecule has 2 aliphatic carbocycles. The first-order chi connectivity index (χ1) is 24.2. The number of aliphatic hydroxyl groups is 3. The zero-order valence-corrected chi connectivity index (χ0v) is 36.3. The minimum Gasteiger partial charge on any atom is -0.495 e. The monoisotopic (exact) mass is 1090 g/mol. The lowest BCUT2D eigenvalue weighted by molar-refractivity contribution is -0.117. The van der Waals surface area contributed by atoms with Crippen LogP contribution in [0, 0.1) is 0 Å². The Morgan fingerprint density at radius 3 is 2.12 bits per heavy atom. The number of nitrogens with zero attached hydrogens (tertiary/aromatic N) is 1. The van der Waals surface area contributed by atoms with Crippen LogP contribution >= 0.6 is 95.6 Å². The van der Waals surface area contributed by atoms with E-state index in [-0.39, 0.29) is 37.6 Å².